The highest BCUT2D eigenvalue weighted by Crippen LogP contribution is 2.24. The second kappa shape index (κ2) is 4.99. The summed E-state index contributed by atoms with van der Waals surface area (Å²) in [6, 6.07) is 2.07. The molecule has 1 amide bonds. The molecule has 1 N–H and O–H groups in total. The number of nitrogens with zero attached hydrogens (tertiary/aromatic N) is 3. The molecule has 0 saturated carbocycles. The number of nitrogens with one attached hydrogen (secondary N) is 1. The van der Waals surface area contributed by atoms with Crippen molar-refractivity contribution in [1.29, 1.82) is 0 Å². The zero-order chi connectivity index (χ0) is 14.2. The van der Waals surface area contributed by atoms with Crippen LogP contribution in [0.5, 0.6) is 0 Å². The van der Waals surface area contributed by atoms with E-state index in [0.717, 1.165) is 16.7 Å². The standard InChI is InChI=1S/C14H20N4O/c1-8(2)12-6-10(14(19)15-5)11-7-16-18(9(3)4)13(11)17-12/h6-9H,1-5H3,(H,15,19). The Morgan fingerprint density at radius 3 is 2.53 bits per heavy atom. The van der Waals surface area contributed by atoms with E-state index in [4.69, 9.17) is 0 Å². The summed E-state index contributed by atoms with van der Waals surface area (Å²) in [6.07, 6.45) is 1.72. The van der Waals surface area contributed by atoms with E-state index < -0.39 is 0 Å². The first-order valence-corrected chi connectivity index (χ1v) is 6.56. The third kappa shape index (κ3) is 2.32. The van der Waals surface area contributed by atoms with Crippen LogP contribution in [0.1, 0.15) is 55.7 Å². The van der Waals surface area contributed by atoms with Crippen molar-refractivity contribution in [3.63, 3.8) is 0 Å². The first kappa shape index (κ1) is 13.5. The summed E-state index contributed by atoms with van der Waals surface area (Å²) in [4.78, 5) is 16.7. The monoisotopic (exact) mass is 260 g/mol. The molecular weight excluding hydrogens is 240 g/mol. The van der Waals surface area contributed by atoms with E-state index in [-0.39, 0.29) is 17.9 Å². The fourth-order valence-electron chi connectivity index (χ4n) is 2.03. The molecule has 0 fully saturated rings. The molecule has 0 aliphatic rings. The lowest BCUT2D eigenvalue weighted by Crippen LogP contribution is -2.19. The summed E-state index contributed by atoms with van der Waals surface area (Å²) >= 11 is 0. The molecule has 2 heterocycles. The molecule has 102 valence electrons. The molecule has 0 aromatic carbocycles. The highest BCUT2D eigenvalue weighted by Gasteiger charge is 2.17. The van der Waals surface area contributed by atoms with E-state index >= 15 is 0 Å². The van der Waals surface area contributed by atoms with E-state index in [9.17, 15) is 4.79 Å². The van der Waals surface area contributed by atoms with Crippen molar-refractivity contribution < 1.29 is 4.79 Å². The minimum atomic E-state index is -0.0994. The Balaban J connectivity index is 2.76. The molecule has 0 unspecified atom stereocenters. The minimum absolute atomic E-state index is 0.0994. The Morgan fingerprint density at radius 2 is 2.00 bits per heavy atom. The Bertz CT molecular complexity index is 613. The van der Waals surface area contributed by atoms with Gasteiger partial charge in [0.2, 0.25) is 0 Å². The van der Waals surface area contributed by atoms with Crippen molar-refractivity contribution in [1.82, 2.24) is 20.1 Å². The topological polar surface area (TPSA) is 59.8 Å². The number of carbonyl (C=O) groups excluding carboxylic acids is 1. The van der Waals surface area contributed by atoms with Crippen LogP contribution < -0.4 is 5.32 Å². The van der Waals surface area contributed by atoms with Crippen LogP contribution in [0.2, 0.25) is 0 Å². The molecule has 19 heavy (non-hydrogen) atoms. The Labute approximate surface area is 113 Å². The fourth-order valence-corrected chi connectivity index (χ4v) is 2.03. The molecule has 0 atom stereocenters. The van der Waals surface area contributed by atoms with Crippen molar-refractivity contribution >= 4 is 16.9 Å². The molecule has 2 aromatic heterocycles. The van der Waals surface area contributed by atoms with Gasteiger partial charge in [0.1, 0.15) is 0 Å². The quantitative estimate of drug-likeness (QED) is 0.922. The number of hydrogen-bond acceptors (Lipinski definition) is 3. The van der Waals surface area contributed by atoms with Gasteiger partial charge >= 0.3 is 0 Å². The minimum Gasteiger partial charge on any atom is -0.355 e. The van der Waals surface area contributed by atoms with Gasteiger partial charge in [0.05, 0.1) is 17.1 Å². The second-order valence-electron chi connectivity index (χ2n) is 5.25. The largest absolute Gasteiger partial charge is 0.355 e. The average molecular weight is 260 g/mol. The van der Waals surface area contributed by atoms with Crippen LogP contribution >= 0.6 is 0 Å². The molecular formula is C14H20N4O. The number of pyridine rings is 1. The van der Waals surface area contributed by atoms with Gasteiger partial charge in [-0.05, 0) is 25.8 Å². The maximum absolute atomic E-state index is 12.0. The van der Waals surface area contributed by atoms with Gasteiger partial charge in [0.25, 0.3) is 5.91 Å². The highest BCUT2D eigenvalue weighted by molar-refractivity contribution is 6.05. The number of rotatable bonds is 3. The van der Waals surface area contributed by atoms with Crippen LogP contribution in [0.4, 0.5) is 0 Å². The molecule has 0 radical (unpaired) electrons. The normalized spacial score (nSPS) is 11.5. The average Bonchev–Trinajstić information content (AvgIpc) is 2.80. The summed E-state index contributed by atoms with van der Waals surface area (Å²) in [6.45, 7) is 8.24. The number of hydrogen-bond donors (Lipinski definition) is 1. The van der Waals surface area contributed by atoms with Gasteiger partial charge in [0, 0.05) is 18.8 Å². The van der Waals surface area contributed by atoms with E-state index in [1.54, 1.807) is 13.2 Å². The van der Waals surface area contributed by atoms with Crippen molar-refractivity contribution in [2.24, 2.45) is 0 Å². The number of carbonyl (C=O) groups is 1. The SMILES string of the molecule is CNC(=O)c1cc(C(C)C)nc2c1cnn2C(C)C. The van der Waals surface area contributed by atoms with Crippen LogP contribution in [0.3, 0.4) is 0 Å². The number of aromatic nitrogens is 3. The van der Waals surface area contributed by atoms with Crippen LogP contribution in [0.15, 0.2) is 12.3 Å². The highest BCUT2D eigenvalue weighted by atomic mass is 16.1. The van der Waals surface area contributed by atoms with Gasteiger partial charge in [-0.15, -0.1) is 0 Å². The third-order valence-corrected chi connectivity index (χ3v) is 3.14. The summed E-state index contributed by atoms with van der Waals surface area (Å²) < 4.78 is 1.85. The van der Waals surface area contributed by atoms with Gasteiger partial charge in [-0.2, -0.15) is 5.10 Å². The zero-order valence-corrected chi connectivity index (χ0v) is 12.1. The van der Waals surface area contributed by atoms with Crippen LogP contribution in [0.25, 0.3) is 11.0 Å². The van der Waals surface area contributed by atoms with E-state index in [0.29, 0.717) is 5.56 Å². The van der Waals surface area contributed by atoms with Gasteiger partial charge in [-0.1, -0.05) is 13.8 Å². The summed E-state index contributed by atoms with van der Waals surface area (Å²) in [5.74, 6) is 0.168. The molecule has 2 aromatic rings. The first-order chi connectivity index (χ1) is 8.95. The lowest BCUT2D eigenvalue weighted by atomic mass is 10.0. The first-order valence-electron chi connectivity index (χ1n) is 6.56. The van der Waals surface area contributed by atoms with Crippen molar-refractivity contribution in [3.8, 4) is 0 Å². The molecule has 5 heteroatoms. The van der Waals surface area contributed by atoms with Crippen LogP contribution in [0, 0.1) is 0 Å². The number of fused-ring (bicyclic) bond motifs is 1. The Hall–Kier alpha value is -1.91. The summed E-state index contributed by atoms with van der Waals surface area (Å²) in [5, 5.41) is 7.82. The Morgan fingerprint density at radius 1 is 1.32 bits per heavy atom. The van der Waals surface area contributed by atoms with Crippen molar-refractivity contribution in [2.75, 3.05) is 7.05 Å². The molecule has 2 rings (SSSR count). The lowest BCUT2D eigenvalue weighted by Gasteiger charge is -2.11. The summed E-state index contributed by atoms with van der Waals surface area (Å²) in [5.41, 5.74) is 2.33. The molecule has 0 aliphatic carbocycles. The molecule has 0 saturated heterocycles. The molecule has 0 bridgehead atoms. The fraction of sp³-hybridized carbons (Fsp3) is 0.500. The van der Waals surface area contributed by atoms with Gasteiger partial charge in [-0.25, -0.2) is 9.67 Å². The smallest absolute Gasteiger partial charge is 0.251 e. The molecule has 5 nitrogen and oxygen atoms in total. The zero-order valence-electron chi connectivity index (χ0n) is 12.1. The lowest BCUT2D eigenvalue weighted by molar-refractivity contribution is 0.0964. The molecule has 0 aliphatic heterocycles. The van der Waals surface area contributed by atoms with Crippen LogP contribution in [-0.2, 0) is 0 Å². The predicted octanol–water partition coefficient (Wildman–Crippen LogP) is 2.50. The summed E-state index contributed by atoms with van der Waals surface area (Å²) in [7, 11) is 1.64. The van der Waals surface area contributed by atoms with Gasteiger partial charge < -0.3 is 5.32 Å². The predicted molar refractivity (Wildman–Crippen MR) is 75.4 cm³/mol. The van der Waals surface area contributed by atoms with Gasteiger partial charge in [0.15, 0.2) is 5.65 Å². The number of amides is 1. The van der Waals surface area contributed by atoms with E-state index in [1.165, 1.54) is 0 Å². The van der Waals surface area contributed by atoms with Crippen molar-refractivity contribution in [3.05, 3.63) is 23.5 Å². The maximum atomic E-state index is 12.0. The maximum Gasteiger partial charge on any atom is 0.251 e. The third-order valence-electron chi connectivity index (χ3n) is 3.14. The second-order valence-corrected chi connectivity index (χ2v) is 5.25. The Kier molecular flexibility index (Phi) is 3.55. The van der Waals surface area contributed by atoms with Gasteiger partial charge in [-0.3, -0.25) is 4.79 Å². The van der Waals surface area contributed by atoms with E-state index in [2.05, 4.69) is 43.1 Å². The van der Waals surface area contributed by atoms with E-state index in [1.807, 2.05) is 10.7 Å². The van der Waals surface area contributed by atoms with Crippen molar-refractivity contribution in [2.45, 2.75) is 39.7 Å². The van der Waals surface area contributed by atoms with Crippen LogP contribution in [-0.4, -0.2) is 27.7 Å². The molecule has 0 spiro atoms.